The van der Waals surface area contributed by atoms with Crippen molar-refractivity contribution in [2.75, 3.05) is 13.1 Å². The Kier molecular flexibility index (Phi) is 8.47. The second-order valence-corrected chi connectivity index (χ2v) is 9.99. The molecule has 0 saturated carbocycles. The predicted octanol–water partition coefficient (Wildman–Crippen LogP) is 4.14. The predicted molar refractivity (Wildman–Crippen MR) is 102 cm³/mol. The van der Waals surface area contributed by atoms with Crippen molar-refractivity contribution in [2.24, 2.45) is 22.2 Å². The highest BCUT2D eigenvalue weighted by Crippen LogP contribution is 2.31. The lowest BCUT2D eigenvalue weighted by atomic mass is 9.78. The van der Waals surface area contributed by atoms with Gasteiger partial charge in [-0.25, -0.2) is 0 Å². The van der Waals surface area contributed by atoms with Crippen molar-refractivity contribution >= 4 is 11.8 Å². The first-order valence-electron chi connectivity index (χ1n) is 9.22. The molecular weight excluding hydrogens is 300 g/mol. The van der Waals surface area contributed by atoms with Crippen molar-refractivity contribution in [1.82, 2.24) is 10.6 Å². The van der Waals surface area contributed by atoms with E-state index in [0.717, 1.165) is 25.8 Å². The van der Waals surface area contributed by atoms with Crippen molar-refractivity contribution in [3.63, 3.8) is 0 Å². The van der Waals surface area contributed by atoms with E-state index < -0.39 is 5.41 Å². The Bertz CT molecular complexity index is 418. The van der Waals surface area contributed by atoms with Gasteiger partial charge in [0, 0.05) is 24.4 Å². The third-order valence-corrected chi connectivity index (χ3v) is 4.47. The summed E-state index contributed by atoms with van der Waals surface area (Å²) in [6, 6.07) is 0. The van der Waals surface area contributed by atoms with Crippen molar-refractivity contribution < 1.29 is 9.59 Å². The second-order valence-electron chi connectivity index (χ2n) is 9.99. The molecule has 4 heteroatoms. The molecule has 0 unspecified atom stereocenters. The highest BCUT2D eigenvalue weighted by molar-refractivity contribution is 5.81. The van der Waals surface area contributed by atoms with Crippen LogP contribution in [0.25, 0.3) is 0 Å². The van der Waals surface area contributed by atoms with Gasteiger partial charge in [-0.3, -0.25) is 9.59 Å². The summed E-state index contributed by atoms with van der Waals surface area (Å²) in [6.07, 6.45) is 2.67. The molecule has 0 aliphatic rings. The average molecular weight is 341 g/mol. The lowest BCUT2D eigenvalue weighted by molar-refractivity contribution is -0.130. The molecule has 0 atom stereocenters. The van der Waals surface area contributed by atoms with Crippen LogP contribution in [-0.2, 0) is 9.59 Å². The molecule has 0 bridgehead atoms. The Morgan fingerprint density at radius 2 is 1.38 bits per heavy atom. The van der Waals surface area contributed by atoms with E-state index in [1.165, 1.54) is 0 Å². The van der Waals surface area contributed by atoms with E-state index in [1.807, 2.05) is 27.7 Å². The van der Waals surface area contributed by atoms with Gasteiger partial charge in [0.25, 0.3) is 0 Å². The van der Waals surface area contributed by atoms with Crippen molar-refractivity contribution in [1.29, 1.82) is 0 Å². The molecule has 0 saturated heterocycles. The van der Waals surface area contributed by atoms with Gasteiger partial charge in [0.05, 0.1) is 0 Å². The van der Waals surface area contributed by atoms with Crippen LogP contribution in [0.5, 0.6) is 0 Å². The Hall–Kier alpha value is -1.06. The van der Waals surface area contributed by atoms with Crippen LogP contribution in [0.1, 0.15) is 81.6 Å². The molecule has 0 aromatic carbocycles. The molecule has 0 radical (unpaired) electrons. The molecule has 24 heavy (non-hydrogen) atoms. The summed E-state index contributed by atoms with van der Waals surface area (Å²) < 4.78 is 0. The van der Waals surface area contributed by atoms with Crippen molar-refractivity contribution in [2.45, 2.75) is 81.6 Å². The number of nitrogens with one attached hydrogen (secondary N) is 2. The van der Waals surface area contributed by atoms with Gasteiger partial charge in [-0.2, -0.15) is 0 Å². The van der Waals surface area contributed by atoms with E-state index in [9.17, 15) is 9.59 Å². The number of amides is 2. The second kappa shape index (κ2) is 8.87. The third kappa shape index (κ3) is 9.94. The first kappa shape index (κ1) is 22.9. The molecule has 0 aromatic heterocycles. The highest BCUT2D eigenvalue weighted by atomic mass is 16.2. The molecule has 142 valence electrons. The molecular formula is C20H40N2O2. The van der Waals surface area contributed by atoms with Gasteiger partial charge >= 0.3 is 0 Å². The van der Waals surface area contributed by atoms with Gasteiger partial charge in [0.1, 0.15) is 0 Å². The fourth-order valence-electron chi connectivity index (χ4n) is 2.17. The van der Waals surface area contributed by atoms with Crippen LogP contribution in [0.15, 0.2) is 0 Å². The molecule has 0 spiro atoms. The normalized spacial score (nSPS) is 13.1. The van der Waals surface area contributed by atoms with Crippen LogP contribution in [0.2, 0.25) is 0 Å². The number of carbonyl (C=O) groups excluding carboxylic acids is 2. The molecule has 0 fully saturated rings. The van der Waals surface area contributed by atoms with Gasteiger partial charge in [-0.05, 0) is 30.1 Å². The van der Waals surface area contributed by atoms with Gasteiger partial charge in [-0.1, -0.05) is 62.3 Å². The lowest BCUT2D eigenvalue weighted by Crippen LogP contribution is -2.40. The zero-order valence-electron chi connectivity index (χ0n) is 17.4. The van der Waals surface area contributed by atoms with Crippen molar-refractivity contribution in [3.8, 4) is 0 Å². The lowest BCUT2D eigenvalue weighted by Gasteiger charge is -2.31. The number of hydrogen-bond acceptors (Lipinski definition) is 2. The Morgan fingerprint density at radius 3 is 1.83 bits per heavy atom. The minimum Gasteiger partial charge on any atom is -0.356 e. The number of rotatable bonds is 9. The maximum atomic E-state index is 12.4. The van der Waals surface area contributed by atoms with E-state index in [1.54, 1.807) is 0 Å². The van der Waals surface area contributed by atoms with Crippen LogP contribution in [0.3, 0.4) is 0 Å². The molecule has 0 aliphatic heterocycles. The van der Waals surface area contributed by atoms with E-state index in [2.05, 4.69) is 45.3 Å². The zero-order valence-corrected chi connectivity index (χ0v) is 17.4. The van der Waals surface area contributed by atoms with E-state index in [4.69, 9.17) is 0 Å². The van der Waals surface area contributed by atoms with Crippen LogP contribution in [-0.4, -0.2) is 24.9 Å². The van der Waals surface area contributed by atoms with Crippen LogP contribution in [0.4, 0.5) is 0 Å². The number of hydrogen-bond donors (Lipinski definition) is 2. The van der Waals surface area contributed by atoms with Gasteiger partial charge < -0.3 is 10.6 Å². The molecule has 0 aromatic rings. The van der Waals surface area contributed by atoms with E-state index in [-0.39, 0.29) is 28.6 Å². The summed E-state index contributed by atoms with van der Waals surface area (Å²) in [7, 11) is 0. The minimum atomic E-state index is -0.392. The van der Waals surface area contributed by atoms with Crippen LogP contribution < -0.4 is 10.6 Å². The molecule has 0 rings (SSSR count). The largest absolute Gasteiger partial charge is 0.356 e. The van der Waals surface area contributed by atoms with E-state index >= 15 is 0 Å². The summed E-state index contributed by atoms with van der Waals surface area (Å²) >= 11 is 0. The third-order valence-electron chi connectivity index (χ3n) is 4.47. The fraction of sp³-hybridized carbons (Fsp3) is 0.900. The fourth-order valence-corrected chi connectivity index (χ4v) is 2.17. The summed E-state index contributed by atoms with van der Waals surface area (Å²) in [5.74, 6) is 0.210. The summed E-state index contributed by atoms with van der Waals surface area (Å²) in [6.45, 7) is 20.0. The molecule has 2 N–H and O–H groups in total. The van der Waals surface area contributed by atoms with Crippen LogP contribution >= 0.6 is 0 Å². The maximum absolute atomic E-state index is 12.4. The molecule has 2 amide bonds. The van der Waals surface area contributed by atoms with Gasteiger partial charge in [0.2, 0.25) is 11.8 Å². The summed E-state index contributed by atoms with van der Waals surface area (Å²) in [5, 5.41) is 6.07. The zero-order chi connectivity index (χ0) is 19.2. The Morgan fingerprint density at radius 1 is 0.833 bits per heavy atom. The highest BCUT2D eigenvalue weighted by Gasteiger charge is 2.30. The average Bonchev–Trinajstić information content (AvgIpc) is 2.41. The molecule has 0 heterocycles. The number of carbonyl (C=O) groups is 2. The quantitative estimate of drug-likeness (QED) is 0.662. The first-order valence-corrected chi connectivity index (χ1v) is 9.22. The Balaban J connectivity index is 4.37. The minimum absolute atomic E-state index is 0.00540. The summed E-state index contributed by atoms with van der Waals surface area (Å²) in [5.41, 5.74) is -0.182. The molecule has 0 aliphatic carbocycles. The monoisotopic (exact) mass is 340 g/mol. The topological polar surface area (TPSA) is 58.2 Å². The SMILES string of the molecule is CC(C)C(=O)NCC(C)(C)CCC(C)(C)C(=O)NCCC(C)(C)C. The standard InChI is InChI=1S/C20H40N2O2/c1-15(2)16(23)22-14-19(6,7)10-11-20(8,9)17(24)21-13-12-18(3,4)5/h15H,10-14H2,1-9H3,(H,21,24)(H,22,23). The smallest absolute Gasteiger partial charge is 0.225 e. The first-order chi connectivity index (χ1) is 10.7. The van der Waals surface area contributed by atoms with Crippen LogP contribution in [0, 0.1) is 22.2 Å². The van der Waals surface area contributed by atoms with Crippen molar-refractivity contribution in [3.05, 3.63) is 0 Å². The molecule has 4 nitrogen and oxygen atoms in total. The van der Waals surface area contributed by atoms with Gasteiger partial charge in [0.15, 0.2) is 0 Å². The van der Waals surface area contributed by atoms with Gasteiger partial charge in [-0.15, -0.1) is 0 Å². The maximum Gasteiger partial charge on any atom is 0.225 e. The Labute approximate surface area is 149 Å². The summed E-state index contributed by atoms with van der Waals surface area (Å²) in [4.78, 5) is 24.2. The van der Waals surface area contributed by atoms with E-state index in [0.29, 0.717) is 6.54 Å².